The van der Waals surface area contributed by atoms with Crippen LogP contribution in [0.4, 0.5) is 0 Å². The summed E-state index contributed by atoms with van der Waals surface area (Å²) in [6.45, 7) is 3.57. The Bertz CT molecular complexity index is 81.1. The molecule has 1 atom stereocenters. The summed E-state index contributed by atoms with van der Waals surface area (Å²) >= 11 is 0. The van der Waals surface area contributed by atoms with Gasteiger partial charge >= 0.3 is 0 Å². The van der Waals surface area contributed by atoms with Gasteiger partial charge in [0.2, 0.25) is 0 Å². The zero-order chi connectivity index (χ0) is 7.11. The summed E-state index contributed by atoms with van der Waals surface area (Å²) in [6.07, 6.45) is 1.16. The Morgan fingerprint density at radius 3 is 3.38 bits per heavy atom. The molecule has 0 aliphatic heterocycles. The van der Waals surface area contributed by atoms with Gasteiger partial charge in [-0.25, -0.2) is 0 Å². The predicted octanol–water partition coefficient (Wildman–Crippen LogP) is 0.570. The third-order valence-electron chi connectivity index (χ3n) is 0.573. The Morgan fingerprint density at radius 2 is 2.88 bits per heavy atom. The van der Waals surface area contributed by atoms with Crippen molar-refractivity contribution in [2.24, 2.45) is 0 Å². The van der Waals surface area contributed by atoms with Crippen molar-refractivity contribution in [2.75, 3.05) is 13.2 Å². The van der Waals surface area contributed by atoms with E-state index in [0.29, 0.717) is 13.2 Å². The van der Waals surface area contributed by atoms with E-state index in [4.69, 9.17) is 11.2 Å². The molecule has 0 radical (unpaired) electrons. The molecule has 1 N–H and O–H groups in total. The summed E-state index contributed by atoms with van der Waals surface area (Å²) in [7, 11) is 0. The van der Waals surface area contributed by atoms with E-state index in [-0.39, 0.29) is 0 Å². The Balaban J connectivity index is 2.91. The van der Waals surface area contributed by atoms with Gasteiger partial charge in [0.25, 0.3) is 0 Å². The maximum Gasteiger partial charge on any atom is 0.0745 e. The predicted molar refractivity (Wildman–Crippen MR) is 32.7 cm³/mol. The second-order valence-electron chi connectivity index (χ2n) is 1.62. The third kappa shape index (κ3) is 5.66. The number of hydrogen-bond acceptors (Lipinski definition) is 2. The van der Waals surface area contributed by atoms with Crippen molar-refractivity contribution in [3.8, 4) is 0 Å². The van der Waals surface area contributed by atoms with Crippen LogP contribution in [0.5, 0.6) is 0 Å². The molecule has 0 aromatic rings. The molecule has 0 saturated carbocycles. The van der Waals surface area contributed by atoms with E-state index in [1.807, 2.05) is 0 Å². The average Bonchev–Trinajstić information content (AvgIpc) is 1.80. The summed E-state index contributed by atoms with van der Waals surface area (Å²) in [5.41, 5.74) is 0. The molecule has 0 amide bonds. The molecule has 0 heterocycles. The molecule has 2 nitrogen and oxygen atoms in total. The minimum absolute atomic E-state index is 0.338. The van der Waals surface area contributed by atoms with Gasteiger partial charge in [-0.3, -0.25) is 0 Å². The van der Waals surface area contributed by atoms with Crippen LogP contribution >= 0.6 is 0 Å². The largest absolute Gasteiger partial charge is 0.391 e. The van der Waals surface area contributed by atoms with E-state index >= 15 is 0 Å². The molecule has 0 aromatic carbocycles. The first-order chi connectivity index (χ1) is 4.27. The summed E-state index contributed by atoms with van der Waals surface area (Å²) in [5.74, 6) is 0. The van der Waals surface area contributed by atoms with Crippen LogP contribution in [-0.2, 0) is 4.74 Å². The van der Waals surface area contributed by atoms with Crippen molar-refractivity contribution in [1.29, 1.82) is 0 Å². The van der Waals surface area contributed by atoms with Gasteiger partial charge in [-0.2, -0.15) is 0 Å². The van der Waals surface area contributed by atoms with Crippen LogP contribution in [0.25, 0.3) is 0 Å². The summed E-state index contributed by atoms with van der Waals surface area (Å²) in [4.78, 5) is 0. The lowest BCUT2D eigenvalue weighted by Crippen LogP contribution is -2.09. The van der Waals surface area contributed by atoms with Crippen LogP contribution in [0.3, 0.4) is 0 Å². The van der Waals surface area contributed by atoms with E-state index in [2.05, 4.69) is 0 Å². The minimum Gasteiger partial charge on any atom is -0.391 e. The van der Waals surface area contributed by atoms with E-state index < -0.39 is 6.10 Å². The van der Waals surface area contributed by atoms with Crippen molar-refractivity contribution < 1.29 is 11.2 Å². The first-order valence-electron chi connectivity index (χ1n) is 3.14. The molecule has 0 rings (SSSR count). The fourth-order valence-corrected chi connectivity index (χ4v) is 0.307. The highest BCUT2D eigenvalue weighted by atomic mass is 16.5. The standard InChI is InChI=1S/C6H12O2/c1-3-4-8-5-6(2)7/h3,6-7H,1,4-5H2,2H3/i1D. The second-order valence-corrected chi connectivity index (χ2v) is 1.62. The molecule has 2 heteroatoms. The fraction of sp³-hybridized carbons (Fsp3) is 0.667. The topological polar surface area (TPSA) is 29.5 Å². The van der Waals surface area contributed by atoms with Gasteiger partial charge in [0, 0.05) is 0 Å². The van der Waals surface area contributed by atoms with Gasteiger partial charge in [-0.05, 0) is 6.92 Å². The monoisotopic (exact) mass is 117 g/mol. The molecule has 0 fully saturated rings. The van der Waals surface area contributed by atoms with Crippen molar-refractivity contribution in [3.63, 3.8) is 0 Å². The molecular weight excluding hydrogens is 104 g/mol. The SMILES string of the molecule is [2H]C=CCOCC(C)O. The molecule has 0 bridgehead atoms. The van der Waals surface area contributed by atoms with Gasteiger partial charge in [-0.1, -0.05) is 6.08 Å². The summed E-state index contributed by atoms with van der Waals surface area (Å²) < 4.78 is 11.4. The number of aliphatic hydroxyl groups excluding tert-OH is 1. The van der Waals surface area contributed by atoms with Crippen LogP contribution in [0.2, 0.25) is 0 Å². The second kappa shape index (κ2) is 4.81. The first-order valence-corrected chi connectivity index (χ1v) is 2.56. The number of hydrogen-bond donors (Lipinski definition) is 1. The lowest BCUT2D eigenvalue weighted by atomic mass is 10.4. The van der Waals surface area contributed by atoms with Gasteiger partial charge in [0.1, 0.15) is 0 Å². The maximum absolute atomic E-state index is 8.66. The van der Waals surface area contributed by atoms with E-state index in [1.165, 1.54) is 6.55 Å². The zero-order valence-electron chi connectivity index (χ0n) is 6.00. The van der Waals surface area contributed by atoms with Gasteiger partial charge in [0.15, 0.2) is 0 Å². The van der Waals surface area contributed by atoms with Crippen molar-refractivity contribution in [3.05, 3.63) is 12.6 Å². The molecular formula is C6H12O2. The van der Waals surface area contributed by atoms with Crippen LogP contribution in [0.15, 0.2) is 12.6 Å². The fourth-order valence-electron chi connectivity index (χ4n) is 0.307. The van der Waals surface area contributed by atoms with Crippen LogP contribution in [0.1, 0.15) is 8.29 Å². The molecule has 48 valence electrons. The summed E-state index contributed by atoms with van der Waals surface area (Å²) in [6, 6.07) is 0. The van der Waals surface area contributed by atoms with Crippen molar-refractivity contribution in [1.82, 2.24) is 0 Å². The van der Waals surface area contributed by atoms with Crippen LogP contribution < -0.4 is 0 Å². The van der Waals surface area contributed by atoms with Crippen LogP contribution in [0, 0.1) is 0 Å². The minimum atomic E-state index is -0.413. The van der Waals surface area contributed by atoms with Crippen molar-refractivity contribution in [2.45, 2.75) is 13.0 Å². The van der Waals surface area contributed by atoms with Crippen molar-refractivity contribution >= 4 is 0 Å². The highest BCUT2D eigenvalue weighted by molar-refractivity contribution is 4.63. The zero-order valence-corrected chi connectivity index (χ0v) is 5.00. The Morgan fingerprint density at radius 1 is 2.12 bits per heavy atom. The van der Waals surface area contributed by atoms with Gasteiger partial charge in [-0.15, -0.1) is 6.55 Å². The molecule has 0 spiro atoms. The lowest BCUT2D eigenvalue weighted by Gasteiger charge is -2.01. The summed E-state index contributed by atoms with van der Waals surface area (Å²) in [5, 5.41) is 8.66. The van der Waals surface area contributed by atoms with E-state index in [9.17, 15) is 0 Å². The molecule has 0 aromatic heterocycles. The normalized spacial score (nSPS) is 16.5. The number of ether oxygens (including phenoxy) is 1. The number of rotatable bonds is 4. The average molecular weight is 117 g/mol. The molecule has 0 saturated heterocycles. The Kier molecular flexibility index (Phi) is 3.48. The van der Waals surface area contributed by atoms with Crippen LogP contribution in [-0.4, -0.2) is 24.4 Å². The molecule has 8 heavy (non-hydrogen) atoms. The molecule has 0 aliphatic rings. The van der Waals surface area contributed by atoms with E-state index in [0.717, 1.165) is 0 Å². The smallest absolute Gasteiger partial charge is 0.0745 e. The molecule has 0 aliphatic carbocycles. The Hall–Kier alpha value is -0.340. The van der Waals surface area contributed by atoms with Gasteiger partial charge in [0.05, 0.1) is 20.7 Å². The maximum atomic E-state index is 8.66. The number of aliphatic hydroxyl groups is 1. The first kappa shape index (κ1) is 5.79. The quantitative estimate of drug-likeness (QED) is 0.431. The molecule has 1 unspecified atom stereocenters. The van der Waals surface area contributed by atoms with Gasteiger partial charge < -0.3 is 9.84 Å². The van der Waals surface area contributed by atoms with E-state index in [1.54, 1.807) is 13.0 Å². The highest BCUT2D eigenvalue weighted by Gasteiger charge is 1.90. The highest BCUT2D eigenvalue weighted by Crippen LogP contribution is 1.81. The third-order valence-corrected chi connectivity index (χ3v) is 0.573. The lowest BCUT2D eigenvalue weighted by molar-refractivity contribution is 0.0599. The Labute approximate surface area is 51.2 Å².